The van der Waals surface area contributed by atoms with Gasteiger partial charge in [0.1, 0.15) is 11.7 Å². The molecule has 8 heteroatoms. The number of pyridine rings is 1. The Morgan fingerprint density at radius 3 is 3.19 bits per heavy atom. The normalized spacial score (nSPS) is 22.0. The third-order valence-electron chi connectivity index (χ3n) is 5.44. The summed E-state index contributed by atoms with van der Waals surface area (Å²) in [4.78, 5) is 19.7. The van der Waals surface area contributed by atoms with Gasteiger partial charge in [-0.15, -0.1) is 10.2 Å². The molecule has 132 valence electrons. The predicted octanol–water partition coefficient (Wildman–Crippen LogP) is 1.57. The molecular weight excluding hydrogens is 330 g/mol. The molecule has 5 heterocycles. The molecule has 8 nitrogen and oxygen atoms in total. The molecule has 0 aliphatic carbocycles. The maximum absolute atomic E-state index is 12.9. The summed E-state index contributed by atoms with van der Waals surface area (Å²) < 4.78 is 1.72. The average molecular weight is 349 g/mol. The van der Waals surface area contributed by atoms with Crippen LogP contribution in [0.25, 0.3) is 5.65 Å². The van der Waals surface area contributed by atoms with E-state index in [0.29, 0.717) is 6.54 Å². The molecule has 26 heavy (non-hydrogen) atoms. The summed E-state index contributed by atoms with van der Waals surface area (Å²) in [6, 6.07) is 5.84. The zero-order valence-electron chi connectivity index (χ0n) is 14.5. The van der Waals surface area contributed by atoms with E-state index in [0.717, 1.165) is 54.2 Å². The monoisotopic (exact) mass is 349 g/mol. The fourth-order valence-corrected chi connectivity index (χ4v) is 4.14. The molecule has 1 unspecified atom stereocenters. The third kappa shape index (κ3) is 2.04. The Morgan fingerprint density at radius 2 is 2.31 bits per heavy atom. The Morgan fingerprint density at radius 1 is 1.38 bits per heavy atom. The number of aryl methyl sites for hydroxylation is 1. The highest BCUT2D eigenvalue weighted by Gasteiger charge is 2.50. The third-order valence-corrected chi connectivity index (χ3v) is 5.44. The first-order chi connectivity index (χ1) is 12.7. The Balaban J connectivity index is 1.61. The van der Waals surface area contributed by atoms with Crippen LogP contribution in [0, 0.1) is 0 Å². The van der Waals surface area contributed by atoms with Gasteiger partial charge in [-0.3, -0.25) is 9.78 Å². The van der Waals surface area contributed by atoms with E-state index < -0.39 is 5.41 Å². The zero-order valence-corrected chi connectivity index (χ0v) is 14.5. The molecule has 3 aromatic rings. The number of anilines is 2. The van der Waals surface area contributed by atoms with Crippen molar-refractivity contribution in [2.24, 2.45) is 0 Å². The summed E-state index contributed by atoms with van der Waals surface area (Å²) >= 11 is 0. The number of hydrogen-bond acceptors (Lipinski definition) is 6. The molecule has 0 bridgehead atoms. The Labute approximate surface area is 150 Å². The number of hydrogen-bond donors (Lipinski definition) is 1. The number of aromatic nitrogens is 5. The quantitative estimate of drug-likeness (QED) is 0.755. The number of fused-ring (bicyclic) bond motifs is 3. The van der Waals surface area contributed by atoms with Gasteiger partial charge in [0.25, 0.3) is 0 Å². The first-order valence-electron chi connectivity index (χ1n) is 8.93. The molecule has 2 aliphatic rings. The van der Waals surface area contributed by atoms with Crippen LogP contribution in [0.15, 0.2) is 30.7 Å². The van der Waals surface area contributed by atoms with E-state index in [1.54, 1.807) is 17.0 Å². The van der Waals surface area contributed by atoms with Crippen molar-refractivity contribution in [3.8, 4) is 0 Å². The number of carbonyl (C=O) groups excluding carboxylic acids is 1. The van der Waals surface area contributed by atoms with Crippen LogP contribution in [0.2, 0.25) is 0 Å². The Bertz CT molecular complexity index is 1010. The molecule has 0 radical (unpaired) electrons. The molecule has 1 saturated heterocycles. The second-order valence-corrected chi connectivity index (χ2v) is 6.93. The number of carbonyl (C=O) groups is 1. The van der Waals surface area contributed by atoms with Gasteiger partial charge in [-0.1, -0.05) is 6.92 Å². The standard InChI is InChI=1S/C18H19N7O/c1-2-12-9-14(16-22-20-11-25(16)23-12)24-8-4-6-18(10-24)15-13(21-17(18)26)5-3-7-19-15/h3,5,7,9,11H,2,4,6,8,10H2,1H3,(H,21,26). The minimum Gasteiger partial charge on any atom is -0.367 e. The molecule has 2 aliphatic heterocycles. The van der Waals surface area contributed by atoms with E-state index in [2.05, 4.69) is 43.5 Å². The second kappa shape index (κ2) is 5.48. The zero-order chi connectivity index (χ0) is 17.7. The second-order valence-electron chi connectivity index (χ2n) is 6.93. The van der Waals surface area contributed by atoms with E-state index in [-0.39, 0.29) is 5.91 Å². The van der Waals surface area contributed by atoms with Crippen molar-refractivity contribution >= 4 is 22.9 Å². The van der Waals surface area contributed by atoms with Gasteiger partial charge < -0.3 is 10.2 Å². The number of amides is 1. The lowest BCUT2D eigenvalue weighted by Gasteiger charge is -2.39. The molecule has 0 saturated carbocycles. The summed E-state index contributed by atoms with van der Waals surface area (Å²) in [7, 11) is 0. The van der Waals surface area contributed by atoms with Crippen LogP contribution in [0.1, 0.15) is 31.2 Å². The lowest BCUT2D eigenvalue weighted by atomic mass is 9.77. The Hall–Kier alpha value is -3.03. The predicted molar refractivity (Wildman–Crippen MR) is 96.2 cm³/mol. The van der Waals surface area contributed by atoms with Crippen LogP contribution in [-0.2, 0) is 16.6 Å². The van der Waals surface area contributed by atoms with Crippen LogP contribution in [0.5, 0.6) is 0 Å². The lowest BCUT2D eigenvalue weighted by Crippen LogP contribution is -2.50. The maximum Gasteiger partial charge on any atom is 0.238 e. The van der Waals surface area contributed by atoms with E-state index in [1.165, 1.54) is 0 Å². The molecule has 0 aromatic carbocycles. The van der Waals surface area contributed by atoms with Crippen LogP contribution >= 0.6 is 0 Å². The van der Waals surface area contributed by atoms with Crippen molar-refractivity contribution in [1.29, 1.82) is 0 Å². The van der Waals surface area contributed by atoms with Crippen LogP contribution < -0.4 is 10.2 Å². The molecule has 1 atom stereocenters. The van der Waals surface area contributed by atoms with Crippen molar-refractivity contribution in [1.82, 2.24) is 24.8 Å². The molecule has 1 N–H and O–H groups in total. The average Bonchev–Trinajstić information content (AvgIpc) is 3.25. The van der Waals surface area contributed by atoms with Crippen LogP contribution in [0.3, 0.4) is 0 Å². The number of nitrogens with zero attached hydrogens (tertiary/aromatic N) is 6. The van der Waals surface area contributed by atoms with E-state index in [4.69, 9.17) is 0 Å². The van der Waals surface area contributed by atoms with Gasteiger partial charge in [-0.05, 0) is 37.5 Å². The minimum absolute atomic E-state index is 0.0400. The van der Waals surface area contributed by atoms with Gasteiger partial charge in [-0.2, -0.15) is 9.61 Å². The number of piperidine rings is 1. The Kier molecular flexibility index (Phi) is 3.22. The molecule has 5 rings (SSSR count). The van der Waals surface area contributed by atoms with Crippen molar-refractivity contribution in [3.63, 3.8) is 0 Å². The summed E-state index contributed by atoms with van der Waals surface area (Å²) in [5.41, 5.74) is 3.75. The molecule has 1 fully saturated rings. The van der Waals surface area contributed by atoms with Crippen LogP contribution in [0.4, 0.5) is 11.4 Å². The first-order valence-corrected chi connectivity index (χ1v) is 8.93. The van der Waals surface area contributed by atoms with Gasteiger partial charge in [0, 0.05) is 19.3 Å². The molecule has 3 aromatic heterocycles. The smallest absolute Gasteiger partial charge is 0.238 e. The molecular formula is C18H19N7O. The highest BCUT2D eigenvalue weighted by atomic mass is 16.2. The topological polar surface area (TPSA) is 88.3 Å². The van der Waals surface area contributed by atoms with E-state index in [1.807, 2.05) is 12.1 Å². The summed E-state index contributed by atoms with van der Waals surface area (Å²) in [5, 5.41) is 15.8. The summed E-state index contributed by atoms with van der Waals surface area (Å²) in [6.45, 7) is 3.52. The van der Waals surface area contributed by atoms with Gasteiger partial charge in [-0.25, -0.2) is 0 Å². The molecule has 1 amide bonds. The van der Waals surface area contributed by atoms with Crippen molar-refractivity contribution in [2.45, 2.75) is 31.6 Å². The summed E-state index contributed by atoms with van der Waals surface area (Å²) in [6.07, 6.45) is 5.92. The first kappa shape index (κ1) is 15.2. The van der Waals surface area contributed by atoms with Crippen molar-refractivity contribution < 1.29 is 4.79 Å². The van der Waals surface area contributed by atoms with Gasteiger partial charge in [0.15, 0.2) is 0 Å². The van der Waals surface area contributed by atoms with Crippen LogP contribution in [-0.4, -0.2) is 43.8 Å². The fraction of sp³-hybridized carbons (Fsp3) is 0.389. The van der Waals surface area contributed by atoms with Gasteiger partial charge in [0.05, 0.1) is 22.8 Å². The van der Waals surface area contributed by atoms with Gasteiger partial charge >= 0.3 is 0 Å². The largest absolute Gasteiger partial charge is 0.367 e. The van der Waals surface area contributed by atoms with Gasteiger partial charge in [0.2, 0.25) is 11.6 Å². The lowest BCUT2D eigenvalue weighted by molar-refractivity contribution is -0.121. The van der Waals surface area contributed by atoms with Crippen molar-refractivity contribution in [3.05, 3.63) is 42.1 Å². The fourth-order valence-electron chi connectivity index (χ4n) is 4.14. The maximum atomic E-state index is 12.9. The number of nitrogens with one attached hydrogen (secondary N) is 1. The van der Waals surface area contributed by atoms with Crippen molar-refractivity contribution in [2.75, 3.05) is 23.3 Å². The molecule has 1 spiro atoms. The SMILES string of the molecule is CCc1cc(N2CCCC3(C2)C(=O)Nc2cccnc23)c2nncn2n1. The highest BCUT2D eigenvalue weighted by Crippen LogP contribution is 2.43. The minimum atomic E-state index is -0.610. The number of rotatable bonds is 2. The highest BCUT2D eigenvalue weighted by molar-refractivity contribution is 6.06. The van der Waals surface area contributed by atoms with E-state index >= 15 is 0 Å². The van der Waals surface area contributed by atoms with E-state index in [9.17, 15) is 4.79 Å². The summed E-state index contributed by atoms with van der Waals surface area (Å²) in [5.74, 6) is 0.0400.